The van der Waals surface area contributed by atoms with E-state index in [-0.39, 0.29) is 16.3 Å². The van der Waals surface area contributed by atoms with Crippen LogP contribution in [0.15, 0.2) is 41.7 Å². The Bertz CT molecular complexity index is 516. The van der Waals surface area contributed by atoms with Crippen molar-refractivity contribution in [1.29, 1.82) is 0 Å². The zero-order valence-electron chi connectivity index (χ0n) is 10.1. The largest absolute Gasteiger partial charge is 0.512 e. The Kier molecular flexibility index (Phi) is 4.74. The number of amides is 1. The summed E-state index contributed by atoms with van der Waals surface area (Å²) in [6.45, 7) is 2.62. The molecule has 18 heavy (non-hydrogen) atoms. The Hall–Kier alpha value is -2.01. The lowest BCUT2D eigenvalue weighted by atomic mass is 10.1. The highest BCUT2D eigenvalue weighted by atomic mass is 32.1. The fourth-order valence-electron chi connectivity index (χ4n) is 1.41. The quantitative estimate of drug-likeness (QED) is 0.498. The number of thiocarbonyl (C=S) groups is 1. The van der Waals surface area contributed by atoms with E-state index in [2.05, 4.69) is 5.32 Å². The molecular weight excluding hydrogens is 250 g/mol. The summed E-state index contributed by atoms with van der Waals surface area (Å²) in [5.74, 6) is -1.02. The Balaban J connectivity index is 2.87. The Morgan fingerprint density at radius 2 is 1.72 bits per heavy atom. The van der Waals surface area contributed by atoms with E-state index >= 15 is 0 Å². The molecule has 1 aromatic rings. The van der Waals surface area contributed by atoms with E-state index in [1.165, 1.54) is 13.8 Å². The molecule has 0 atom stereocenters. The minimum atomic E-state index is -0.416. The molecule has 0 spiro atoms. The van der Waals surface area contributed by atoms with Gasteiger partial charge in [0.2, 0.25) is 0 Å². The molecule has 0 aliphatic carbocycles. The summed E-state index contributed by atoms with van der Waals surface area (Å²) >= 11 is 4.93. The topological polar surface area (TPSA) is 66.4 Å². The first-order valence-electron chi connectivity index (χ1n) is 5.25. The lowest BCUT2D eigenvalue weighted by molar-refractivity contribution is -0.113. The van der Waals surface area contributed by atoms with E-state index in [1.807, 2.05) is 0 Å². The van der Waals surface area contributed by atoms with Crippen molar-refractivity contribution < 1.29 is 14.7 Å². The molecule has 5 heteroatoms. The van der Waals surface area contributed by atoms with E-state index in [1.54, 1.807) is 30.3 Å². The number of allylic oxidation sites excluding steroid dienone is 1. The second-order valence-corrected chi connectivity index (χ2v) is 4.07. The summed E-state index contributed by atoms with van der Waals surface area (Å²) in [7, 11) is 0. The van der Waals surface area contributed by atoms with Gasteiger partial charge in [-0.05, 0) is 26.0 Å². The van der Waals surface area contributed by atoms with Gasteiger partial charge in [-0.2, -0.15) is 0 Å². The number of hydrogen-bond acceptors (Lipinski definition) is 4. The van der Waals surface area contributed by atoms with Crippen LogP contribution in [0.4, 0.5) is 0 Å². The van der Waals surface area contributed by atoms with E-state index in [0.717, 1.165) is 0 Å². The van der Waals surface area contributed by atoms with Crippen molar-refractivity contribution in [2.24, 2.45) is 0 Å². The van der Waals surface area contributed by atoms with E-state index in [9.17, 15) is 14.7 Å². The number of rotatable bonds is 3. The Morgan fingerprint density at radius 1 is 1.17 bits per heavy atom. The van der Waals surface area contributed by atoms with E-state index in [4.69, 9.17) is 12.2 Å². The number of aliphatic hydroxyl groups is 1. The number of ketones is 1. The van der Waals surface area contributed by atoms with Gasteiger partial charge < -0.3 is 10.4 Å². The third kappa shape index (κ3) is 3.49. The van der Waals surface area contributed by atoms with Crippen LogP contribution in [0.3, 0.4) is 0 Å². The number of hydrogen-bond donors (Lipinski definition) is 2. The fourth-order valence-corrected chi connectivity index (χ4v) is 1.79. The molecule has 2 N–H and O–H groups in total. The highest BCUT2D eigenvalue weighted by molar-refractivity contribution is 7.81. The molecule has 0 aliphatic heterocycles. The number of carbonyl (C=O) groups excluding carboxylic acids is 2. The second kappa shape index (κ2) is 6.07. The molecule has 0 saturated heterocycles. The highest BCUT2D eigenvalue weighted by Gasteiger charge is 2.16. The molecule has 0 aliphatic rings. The van der Waals surface area contributed by atoms with Crippen LogP contribution in [0.1, 0.15) is 24.2 Å². The standard InChI is InChI=1S/C13H13NO3S/c1-8(15)11(9(2)16)13(18)14-12(17)10-6-4-3-5-7-10/h3-7,15H,1-2H3,(H,14,17,18)/b11-8+. The zero-order valence-corrected chi connectivity index (χ0v) is 10.9. The van der Waals surface area contributed by atoms with E-state index < -0.39 is 11.7 Å². The predicted molar refractivity (Wildman–Crippen MR) is 72.5 cm³/mol. The Morgan fingerprint density at radius 3 is 2.17 bits per heavy atom. The predicted octanol–water partition coefficient (Wildman–Crippen LogP) is 2.16. The van der Waals surface area contributed by atoms with Gasteiger partial charge in [-0.1, -0.05) is 30.4 Å². The molecule has 0 bridgehead atoms. The third-order valence-corrected chi connectivity index (χ3v) is 2.51. The molecule has 0 aromatic heterocycles. The van der Waals surface area contributed by atoms with Gasteiger partial charge in [0.25, 0.3) is 5.91 Å². The van der Waals surface area contributed by atoms with Crippen molar-refractivity contribution in [2.45, 2.75) is 13.8 Å². The van der Waals surface area contributed by atoms with Crippen LogP contribution in [0.2, 0.25) is 0 Å². The summed E-state index contributed by atoms with van der Waals surface area (Å²) in [5.41, 5.74) is 0.382. The number of benzene rings is 1. The van der Waals surface area contributed by atoms with Crippen LogP contribution in [-0.4, -0.2) is 21.8 Å². The SMILES string of the molecule is CC(=O)/C(C(=S)NC(=O)c1ccccc1)=C(/C)O. The average molecular weight is 263 g/mol. The van der Waals surface area contributed by atoms with E-state index in [0.29, 0.717) is 5.56 Å². The fraction of sp³-hybridized carbons (Fsp3) is 0.154. The number of carbonyl (C=O) groups is 2. The highest BCUT2D eigenvalue weighted by Crippen LogP contribution is 2.06. The molecule has 94 valence electrons. The summed E-state index contributed by atoms with van der Waals surface area (Å²) in [4.78, 5) is 23.0. The smallest absolute Gasteiger partial charge is 0.256 e. The molecule has 0 heterocycles. The van der Waals surface area contributed by atoms with Gasteiger partial charge in [-0.15, -0.1) is 0 Å². The summed E-state index contributed by atoms with van der Waals surface area (Å²) in [6, 6.07) is 8.48. The van der Waals surface area contributed by atoms with Crippen molar-refractivity contribution in [2.75, 3.05) is 0 Å². The van der Waals surface area contributed by atoms with Gasteiger partial charge >= 0.3 is 0 Å². The Labute approximate surface area is 110 Å². The summed E-state index contributed by atoms with van der Waals surface area (Å²) < 4.78 is 0. The number of nitrogens with one attached hydrogen (secondary N) is 1. The van der Waals surface area contributed by atoms with Gasteiger partial charge in [-0.3, -0.25) is 9.59 Å². The maximum atomic E-state index is 11.8. The molecular formula is C13H13NO3S. The van der Waals surface area contributed by atoms with Crippen LogP contribution in [-0.2, 0) is 4.79 Å². The maximum absolute atomic E-state index is 11.8. The van der Waals surface area contributed by atoms with Gasteiger partial charge in [0.1, 0.15) is 10.7 Å². The minimum Gasteiger partial charge on any atom is -0.512 e. The van der Waals surface area contributed by atoms with Crippen LogP contribution in [0.5, 0.6) is 0 Å². The third-order valence-electron chi connectivity index (χ3n) is 2.20. The summed E-state index contributed by atoms with van der Waals surface area (Å²) in [5, 5.41) is 11.8. The van der Waals surface area contributed by atoms with Gasteiger partial charge in [0, 0.05) is 5.56 Å². The first-order chi connectivity index (χ1) is 8.43. The molecule has 1 aromatic carbocycles. The normalized spacial score (nSPS) is 11.4. The maximum Gasteiger partial charge on any atom is 0.256 e. The minimum absolute atomic E-state index is 0.0470. The second-order valence-electron chi connectivity index (χ2n) is 3.67. The van der Waals surface area contributed by atoms with Crippen LogP contribution >= 0.6 is 12.2 Å². The van der Waals surface area contributed by atoms with Crippen LogP contribution < -0.4 is 5.32 Å². The molecule has 0 saturated carbocycles. The lowest BCUT2D eigenvalue weighted by Gasteiger charge is -2.09. The monoisotopic (exact) mass is 263 g/mol. The molecule has 0 radical (unpaired) electrons. The van der Waals surface area contributed by atoms with Crippen molar-refractivity contribution in [3.05, 3.63) is 47.2 Å². The molecule has 0 fully saturated rings. The van der Waals surface area contributed by atoms with Crippen LogP contribution in [0, 0.1) is 0 Å². The molecule has 1 amide bonds. The van der Waals surface area contributed by atoms with Crippen molar-refractivity contribution >= 4 is 28.9 Å². The van der Waals surface area contributed by atoms with Crippen molar-refractivity contribution in [3.63, 3.8) is 0 Å². The molecule has 0 unspecified atom stereocenters. The number of aliphatic hydroxyl groups excluding tert-OH is 1. The first kappa shape index (κ1) is 14.1. The van der Waals surface area contributed by atoms with Gasteiger partial charge in [0.15, 0.2) is 5.78 Å². The number of Topliss-reactive ketones (excluding diaryl/α,β-unsaturated/α-hetero) is 1. The van der Waals surface area contributed by atoms with Crippen molar-refractivity contribution in [1.82, 2.24) is 5.32 Å². The van der Waals surface area contributed by atoms with Gasteiger partial charge in [-0.25, -0.2) is 0 Å². The van der Waals surface area contributed by atoms with Crippen molar-refractivity contribution in [3.8, 4) is 0 Å². The zero-order chi connectivity index (χ0) is 13.7. The first-order valence-corrected chi connectivity index (χ1v) is 5.65. The average Bonchev–Trinajstić information content (AvgIpc) is 2.28. The van der Waals surface area contributed by atoms with Gasteiger partial charge in [0.05, 0.1) is 5.57 Å². The molecule has 4 nitrogen and oxygen atoms in total. The molecule has 1 rings (SSSR count). The lowest BCUT2D eigenvalue weighted by Crippen LogP contribution is -2.32. The van der Waals surface area contributed by atoms with Crippen LogP contribution in [0.25, 0.3) is 0 Å². The summed E-state index contributed by atoms with van der Waals surface area (Å²) in [6.07, 6.45) is 0.